The maximum Gasteiger partial charge on any atom is 0.240 e. The molecule has 3 heterocycles. The van der Waals surface area contributed by atoms with Gasteiger partial charge in [0, 0.05) is 35.6 Å². The van der Waals surface area contributed by atoms with Crippen LogP contribution in [0.2, 0.25) is 0 Å². The third-order valence-corrected chi connectivity index (χ3v) is 8.66. The van der Waals surface area contributed by atoms with Crippen molar-refractivity contribution in [2.75, 3.05) is 17.2 Å². The molecular formula is C34H30FN5O2S. The molecule has 9 heteroatoms. The summed E-state index contributed by atoms with van der Waals surface area (Å²) in [5.74, 6) is -0.422. The number of hydrogen-bond acceptors (Lipinski definition) is 5. The Balaban J connectivity index is 1.55. The summed E-state index contributed by atoms with van der Waals surface area (Å²) in [7, 11) is 0. The highest BCUT2D eigenvalue weighted by molar-refractivity contribution is 8.00. The molecule has 6 rings (SSSR count). The van der Waals surface area contributed by atoms with E-state index in [1.54, 1.807) is 41.3 Å². The summed E-state index contributed by atoms with van der Waals surface area (Å²) in [5, 5.41) is 7.48. The van der Waals surface area contributed by atoms with E-state index < -0.39 is 5.25 Å². The van der Waals surface area contributed by atoms with Crippen LogP contribution in [0.4, 0.5) is 10.2 Å². The summed E-state index contributed by atoms with van der Waals surface area (Å²) in [5.41, 5.74) is 6.28. The van der Waals surface area contributed by atoms with E-state index in [9.17, 15) is 9.59 Å². The van der Waals surface area contributed by atoms with E-state index in [2.05, 4.69) is 16.4 Å². The predicted octanol–water partition coefficient (Wildman–Crippen LogP) is 6.18. The van der Waals surface area contributed by atoms with Crippen molar-refractivity contribution in [1.29, 1.82) is 0 Å². The molecule has 0 spiro atoms. The second-order valence-corrected chi connectivity index (χ2v) is 11.6. The molecule has 0 radical (unpaired) electrons. The molecule has 0 saturated heterocycles. The van der Waals surface area contributed by atoms with Gasteiger partial charge >= 0.3 is 0 Å². The number of anilines is 1. The zero-order chi connectivity index (χ0) is 29.9. The van der Waals surface area contributed by atoms with E-state index in [0.717, 1.165) is 27.9 Å². The van der Waals surface area contributed by atoms with E-state index in [4.69, 9.17) is 5.10 Å². The number of rotatable bonds is 7. The number of amides is 2. The predicted molar refractivity (Wildman–Crippen MR) is 168 cm³/mol. The van der Waals surface area contributed by atoms with Gasteiger partial charge in [-0.2, -0.15) is 5.10 Å². The molecule has 0 saturated carbocycles. The number of benzene rings is 3. The van der Waals surface area contributed by atoms with Crippen LogP contribution in [0.3, 0.4) is 0 Å². The smallest absolute Gasteiger partial charge is 0.240 e. The number of carbonyl (C=O) groups excluding carboxylic acids is 2. The molecule has 1 aliphatic rings. The average molecular weight is 592 g/mol. The zero-order valence-electron chi connectivity index (χ0n) is 23.8. The first-order valence-electron chi connectivity index (χ1n) is 14.0. The number of halogens is 1. The fourth-order valence-corrected chi connectivity index (χ4v) is 6.60. The van der Waals surface area contributed by atoms with Crippen molar-refractivity contribution >= 4 is 29.4 Å². The average Bonchev–Trinajstić information content (AvgIpc) is 3.34. The second kappa shape index (κ2) is 12.2. The SMILES string of the molecule is Cc1ccc(-n2nc(-c3ccccc3)c3c2N(CC(=O)NCc2cccnc2)C(=O)CS[C@@H]3c2ccccc2F)c(C)c1. The number of fused-ring (bicyclic) bond motifs is 1. The van der Waals surface area contributed by atoms with Gasteiger partial charge in [-0.15, -0.1) is 11.8 Å². The lowest BCUT2D eigenvalue weighted by atomic mass is 9.99. The summed E-state index contributed by atoms with van der Waals surface area (Å²) in [6, 6.07) is 26.0. The first kappa shape index (κ1) is 28.4. The summed E-state index contributed by atoms with van der Waals surface area (Å²) < 4.78 is 17.2. The molecule has 1 aliphatic heterocycles. The van der Waals surface area contributed by atoms with Gasteiger partial charge in [-0.05, 0) is 43.2 Å². The summed E-state index contributed by atoms with van der Waals surface area (Å²) in [6.07, 6.45) is 3.36. The Morgan fingerprint density at radius 2 is 1.81 bits per heavy atom. The van der Waals surface area contributed by atoms with Gasteiger partial charge in [0.1, 0.15) is 18.2 Å². The standard InChI is InChI=1S/C34H30FN5O2S/c1-22-14-15-28(23(2)17-22)40-34-31(32(38-40)25-10-4-3-5-11-25)33(26-12-6-7-13-27(26)35)43-21-30(42)39(34)20-29(41)37-19-24-9-8-16-36-18-24/h3-18,33H,19-21H2,1-2H3,(H,37,41)/t33-/m1/s1. The van der Waals surface area contributed by atoms with E-state index in [1.807, 2.05) is 62.4 Å². The second-order valence-electron chi connectivity index (χ2n) is 10.5. The summed E-state index contributed by atoms with van der Waals surface area (Å²) in [4.78, 5) is 32.9. The Labute approximate surface area is 253 Å². The largest absolute Gasteiger partial charge is 0.350 e. The number of nitrogens with zero attached hydrogens (tertiary/aromatic N) is 4. The van der Waals surface area contributed by atoms with Crippen LogP contribution in [-0.2, 0) is 16.1 Å². The molecule has 1 N–H and O–H groups in total. The highest BCUT2D eigenvalue weighted by Crippen LogP contribution is 2.49. The molecule has 0 bridgehead atoms. The fraction of sp³-hybridized carbons (Fsp3) is 0.176. The topological polar surface area (TPSA) is 80.1 Å². The molecule has 7 nitrogen and oxygen atoms in total. The van der Waals surface area contributed by atoms with Gasteiger partial charge in [-0.3, -0.25) is 19.5 Å². The quantitative estimate of drug-likeness (QED) is 0.245. The molecule has 3 aromatic carbocycles. The Kier molecular flexibility index (Phi) is 8.07. The van der Waals surface area contributed by atoms with E-state index >= 15 is 4.39 Å². The van der Waals surface area contributed by atoms with Crippen LogP contribution >= 0.6 is 11.8 Å². The molecule has 1 atom stereocenters. The molecule has 216 valence electrons. The minimum atomic E-state index is -0.543. The highest BCUT2D eigenvalue weighted by atomic mass is 32.2. The van der Waals surface area contributed by atoms with Gasteiger partial charge in [0.25, 0.3) is 0 Å². The van der Waals surface area contributed by atoms with Gasteiger partial charge in [0.05, 0.1) is 22.4 Å². The molecular weight excluding hydrogens is 561 g/mol. The van der Waals surface area contributed by atoms with Crippen LogP contribution in [-0.4, -0.2) is 38.9 Å². The van der Waals surface area contributed by atoms with Gasteiger partial charge in [0.2, 0.25) is 11.8 Å². The maximum absolute atomic E-state index is 15.4. The molecule has 43 heavy (non-hydrogen) atoms. The zero-order valence-corrected chi connectivity index (χ0v) is 24.6. The van der Waals surface area contributed by atoms with Gasteiger partial charge in [-0.1, -0.05) is 72.3 Å². The van der Waals surface area contributed by atoms with Crippen molar-refractivity contribution in [1.82, 2.24) is 20.1 Å². The van der Waals surface area contributed by atoms with Crippen LogP contribution in [0.25, 0.3) is 16.9 Å². The van der Waals surface area contributed by atoms with Gasteiger partial charge < -0.3 is 5.32 Å². The summed E-state index contributed by atoms with van der Waals surface area (Å²) in [6.45, 7) is 4.06. The van der Waals surface area contributed by atoms with Crippen molar-refractivity contribution in [3.05, 3.63) is 131 Å². The highest BCUT2D eigenvalue weighted by Gasteiger charge is 2.38. The Morgan fingerprint density at radius 1 is 1.02 bits per heavy atom. The Hall–Kier alpha value is -4.76. The number of hydrogen-bond donors (Lipinski definition) is 1. The number of carbonyl (C=O) groups is 2. The number of aromatic nitrogens is 3. The Morgan fingerprint density at radius 3 is 2.56 bits per heavy atom. The van der Waals surface area contributed by atoms with Crippen molar-refractivity contribution in [3.8, 4) is 16.9 Å². The number of aryl methyl sites for hydroxylation is 2. The summed E-state index contributed by atoms with van der Waals surface area (Å²) >= 11 is 1.34. The third-order valence-electron chi connectivity index (χ3n) is 7.42. The van der Waals surface area contributed by atoms with E-state index in [1.165, 1.54) is 22.7 Å². The van der Waals surface area contributed by atoms with Crippen molar-refractivity contribution < 1.29 is 14.0 Å². The lowest BCUT2D eigenvalue weighted by molar-refractivity contribution is -0.123. The molecule has 0 fully saturated rings. The van der Waals surface area contributed by atoms with Crippen molar-refractivity contribution in [2.45, 2.75) is 25.6 Å². The van der Waals surface area contributed by atoms with E-state index in [0.29, 0.717) is 22.6 Å². The third kappa shape index (κ3) is 5.81. The molecule has 2 amide bonds. The van der Waals surface area contributed by atoms with Crippen LogP contribution < -0.4 is 10.2 Å². The van der Waals surface area contributed by atoms with Gasteiger partial charge in [0.15, 0.2) is 0 Å². The first-order chi connectivity index (χ1) is 20.9. The van der Waals surface area contributed by atoms with Crippen LogP contribution in [0.5, 0.6) is 0 Å². The minimum absolute atomic E-state index is 0.0602. The number of pyridine rings is 1. The molecule has 0 unspecified atom stereocenters. The number of thioether (sulfide) groups is 1. The van der Waals surface area contributed by atoms with Crippen molar-refractivity contribution in [3.63, 3.8) is 0 Å². The molecule has 0 aliphatic carbocycles. The lowest BCUT2D eigenvalue weighted by Crippen LogP contribution is -2.42. The normalized spacial score (nSPS) is 14.7. The van der Waals surface area contributed by atoms with Crippen LogP contribution in [0.1, 0.15) is 33.1 Å². The van der Waals surface area contributed by atoms with Crippen LogP contribution in [0, 0.1) is 19.7 Å². The van der Waals surface area contributed by atoms with Crippen molar-refractivity contribution in [2.24, 2.45) is 0 Å². The monoisotopic (exact) mass is 591 g/mol. The van der Waals surface area contributed by atoms with E-state index in [-0.39, 0.29) is 36.5 Å². The Bertz CT molecular complexity index is 1790. The molecule has 2 aromatic heterocycles. The lowest BCUT2D eigenvalue weighted by Gasteiger charge is -2.24. The fourth-order valence-electron chi connectivity index (χ4n) is 5.38. The maximum atomic E-state index is 15.4. The molecule has 5 aromatic rings. The minimum Gasteiger partial charge on any atom is -0.350 e. The van der Waals surface area contributed by atoms with Crippen LogP contribution in [0.15, 0.2) is 97.3 Å². The number of nitrogens with one attached hydrogen (secondary N) is 1. The van der Waals surface area contributed by atoms with Gasteiger partial charge in [-0.25, -0.2) is 9.07 Å². The first-order valence-corrected chi connectivity index (χ1v) is 15.0.